The molecule has 60 heavy (non-hydrogen) atoms. The lowest BCUT2D eigenvalue weighted by Gasteiger charge is -2.55. The Bertz CT molecular complexity index is 2200. The van der Waals surface area contributed by atoms with Crippen LogP contribution in [-0.2, 0) is 16.1 Å². The molecule has 5 aliphatic heterocycles. The van der Waals surface area contributed by atoms with E-state index in [4.69, 9.17) is 21.6 Å². The second-order valence-electron chi connectivity index (χ2n) is 17.5. The summed E-state index contributed by atoms with van der Waals surface area (Å²) in [5.41, 5.74) is 2.43. The summed E-state index contributed by atoms with van der Waals surface area (Å²) in [5.74, 6) is 0.228. The molecule has 1 unspecified atom stereocenters. The van der Waals surface area contributed by atoms with Crippen molar-refractivity contribution >= 4 is 46.7 Å². The molecule has 4 saturated heterocycles. The maximum atomic E-state index is 15.4. The minimum Gasteiger partial charge on any atom is -0.490 e. The number of hydrogen-bond acceptors (Lipinski definition) is 11. The molecule has 1 aliphatic carbocycles. The summed E-state index contributed by atoms with van der Waals surface area (Å²) in [4.78, 5) is 58.6. The normalized spacial score (nSPS) is 24.4. The molecule has 1 aromatic heterocycles. The zero-order chi connectivity index (χ0) is 41.5. The van der Waals surface area contributed by atoms with Crippen LogP contribution in [0.15, 0.2) is 42.5 Å². The van der Waals surface area contributed by atoms with Crippen molar-refractivity contribution in [3.05, 3.63) is 75.7 Å². The maximum absolute atomic E-state index is 15.4. The van der Waals surface area contributed by atoms with Crippen molar-refractivity contribution < 1.29 is 28.3 Å². The number of fused-ring (bicyclic) bond motifs is 1. The minimum absolute atomic E-state index is 0.0222. The molecule has 6 heterocycles. The average molecular weight is 838 g/mol. The van der Waals surface area contributed by atoms with Crippen LogP contribution in [0.4, 0.5) is 15.9 Å². The average Bonchev–Trinajstić information content (AvgIpc) is 3.55. The highest BCUT2D eigenvalue weighted by Gasteiger charge is 2.47. The van der Waals surface area contributed by atoms with Gasteiger partial charge in [-0.3, -0.25) is 24.5 Å². The second-order valence-corrected chi connectivity index (χ2v) is 18.0. The Morgan fingerprint density at radius 2 is 1.72 bits per heavy atom. The van der Waals surface area contributed by atoms with Gasteiger partial charge in [-0.1, -0.05) is 11.6 Å². The van der Waals surface area contributed by atoms with E-state index in [0.29, 0.717) is 39.2 Å². The molecule has 6 aliphatic rings. The van der Waals surface area contributed by atoms with E-state index in [9.17, 15) is 19.2 Å². The summed E-state index contributed by atoms with van der Waals surface area (Å²) in [6.07, 6.45) is 7.90. The van der Waals surface area contributed by atoms with Crippen molar-refractivity contribution in [3.63, 3.8) is 0 Å². The number of rotatable bonds is 9. The molecule has 1 atom stereocenters. The number of ether oxygens (including phenoxy) is 1. The van der Waals surface area contributed by atoms with E-state index in [0.717, 1.165) is 109 Å². The van der Waals surface area contributed by atoms with E-state index in [2.05, 4.69) is 41.6 Å². The number of carbonyl (C=O) groups excluding carboxylic acids is 4. The molecule has 2 aromatic carbocycles. The smallest absolute Gasteiger partial charge is 0.272 e. The number of aromatic nitrogens is 2. The number of carbonyl (C=O) groups is 4. The number of nitrogens with zero attached hydrogens (tertiary/aromatic N) is 7. The van der Waals surface area contributed by atoms with Gasteiger partial charge in [0.05, 0.1) is 22.4 Å². The van der Waals surface area contributed by atoms with Gasteiger partial charge in [-0.2, -0.15) is 5.26 Å². The number of benzene rings is 2. The molecule has 5 fully saturated rings. The molecule has 1 saturated carbocycles. The molecule has 14 nitrogen and oxygen atoms in total. The number of halogens is 2. The third-order valence-corrected chi connectivity index (χ3v) is 13.9. The molecule has 1 spiro atoms. The number of amides is 4. The van der Waals surface area contributed by atoms with Crippen LogP contribution in [0.2, 0.25) is 5.02 Å². The van der Waals surface area contributed by atoms with E-state index in [-0.39, 0.29) is 54.7 Å². The van der Waals surface area contributed by atoms with E-state index in [1.165, 1.54) is 11.0 Å². The van der Waals surface area contributed by atoms with Crippen LogP contribution < -0.4 is 25.2 Å². The lowest BCUT2D eigenvalue weighted by molar-refractivity contribution is -0.136. The molecule has 4 amide bonds. The van der Waals surface area contributed by atoms with Gasteiger partial charge in [0.25, 0.3) is 11.8 Å². The summed E-state index contributed by atoms with van der Waals surface area (Å²) >= 11 is 6.15. The highest BCUT2D eigenvalue weighted by molar-refractivity contribution is 6.31. The largest absolute Gasteiger partial charge is 0.490 e. The summed E-state index contributed by atoms with van der Waals surface area (Å²) in [7, 11) is 0. The summed E-state index contributed by atoms with van der Waals surface area (Å²) < 4.78 is 21.5. The minimum atomic E-state index is -0.720. The Morgan fingerprint density at radius 1 is 0.950 bits per heavy atom. The Balaban J connectivity index is 0.684. The monoisotopic (exact) mass is 837 g/mol. The highest BCUT2D eigenvalue weighted by atomic mass is 35.5. The van der Waals surface area contributed by atoms with Gasteiger partial charge < -0.3 is 29.7 Å². The fraction of sp³-hybridized carbons (Fsp3) is 0.523. The number of anilines is 2. The van der Waals surface area contributed by atoms with Crippen molar-refractivity contribution in [1.29, 1.82) is 5.26 Å². The maximum Gasteiger partial charge on any atom is 0.272 e. The summed E-state index contributed by atoms with van der Waals surface area (Å²) in [6, 6.07) is 13.2. The zero-order valence-corrected chi connectivity index (χ0v) is 34.3. The summed E-state index contributed by atoms with van der Waals surface area (Å²) in [5, 5.41) is 23.6. The molecule has 314 valence electrons. The number of piperidine rings is 3. The van der Waals surface area contributed by atoms with Gasteiger partial charge in [0.15, 0.2) is 11.5 Å². The molecular formula is C44H49ClFN9O5. The lowest BCUT2D eigenvalue weighted by atomic mass is 9.71. The third kappa shape index (κ3) is 8.24. The first-order valence-electron chi connectivity index (χ1n) is 21.2. The molecular weight excluding hydrogens is 789 g/mol. The highest BCUT2D eigenvalue weighted by Crippen LogP contribution is 2.45. The third-order valence-electron chi connectivity index (χ3n) is 13.6. The Labute approximate surface area is 353 Å². The van der Waals surface area contributed by atoms with E-state index >= 15 is 4.39 Å². The van der Waals surface area contributed by atoms with E-state index < -0.39 is 17.8 Å². The van der Waals surface area contributed by atoms with Crippen LogP contribution in [-0.4, -0.2) is 108 Å². The fourth-order valence-electron chi connectivity index (χ4n) is 10.0. The first-order valence-corrected chi connectivity index (χ1v) is 21.6. The quantitative estimate of drug-likeness (QED) is 0.284. The van der Waals surface area contributed by atoms with Crippen LogP contribution in [0.5, 0.6) is 5.75 Å². The van der Waals surface area contributed by atoms with Gasteiger partial charge in [0.2, 0.25) is 11.8 Å². The van der Waals surface area contributed by atoms with Crippen LogP contribution in [0.1, 0.15) is 96.2 Å². The van der Waals surface area contributed by atoms with Gasteiger partial charge in [0, 0.05) is 68.8 Å². The first kappa shape index (κ1) is 40.1. The van der Waals surface area contributed by atoms with Gasteiger partial charge >= 0.3 is 0 Å². The number of hydrogen-bond donors (Lipinski definition) is 2. The van der Waals surface area contributed by atoms with Crippen molar-refractivity contribution in [1.82, 2.24) is 30.6 Å². The predicted octanol–water partition coefficient (Wildman–Crippen LogP) is 4.84. The predicted molar refractivity (Wildman–Crippen MR) is 220 cm³/mol. The standard InChI is InChI=1S/C44H49ClFN9O5/c45-34-20-32(4-1-28(34)22-47)60-31-5-2-30(3-6-31)48-41(57)36-7-9-39(51-50-36)53-15-11-27(12-16-53)23-52-17-13-44(14-18-52)25-54(26-44)38-19-29-24-55(43(59)33(29)21-35(38)46)37-8-10-40(56)49-42(37)58/h1,4,7,9,19-21,27,30-31,37H,2-3,5-6,8,10-18,23-26H2,(H,48,57)(H,49,56,58)/t30-,31-,37?. The Kier molecular flexibility index (Phi) is 11.1. The van der Waals surface area contributed by atoms with Crippen LogP contribution in [0.25, 0.3) is 0 Å². The van der Waals surface area contributed by atoms with Crippen molar-refractivity contribution in [2.75, 3.05) is 55.6 Å². The van der Waals surface area contributed by atoms with Gasteiger partial charge in [-0.05, 0) is 119 Å². The van der Waals surface area contributed by atoms with E-state index in [1.54, 1.807) is 30.3 Å². The number of nitrogens with one attached hydrogen (secondary N) is 2. The zero-order valence-electron chi connectivity index (χ0n) is 33.5. The number of nitriles is 1. The van der Waals surface area contributed by atoms with Gasteiger partial charge in [-0.25, -0.2) is 4.39 Å². The Morgan fingerprint density at radius 3 is 2.40 bits per heavy atom. The lowest BCUT2D eigenvalue weighted by Crippen LogP contribution is -2.61. The van der Waals surface area contributed by atoms with Gasteiger partial charge in [0.1, 0.15) is 23.7 Å². The summed E-state index contributed by atoms with van der Waals surface area (Å²) in [6.45, 7) is 6.70. The Hall–Kier alpha value is -5.33. The number of likely N-dealkylation sites (tertiary alicyclic amines) is 1. The van der Waals surface area contributed by atoms with Gasteiger partial charge in [-0.15, -0.1) is 10.2 Å². The molecule has 0 bridgehead atoms. The molecule has 2 N–H and O–H groups in total. The molecule has 3 aromatic rings. The number of imide groups is 1. The first-order chi connectivity index (χ1) is 29.0. The topological polar surface area (TPSA) is 164 Å². The van der Waals surface area contributed by atoms with Crippen LogP contribution in [0.3, 0.4) is 0 Å². The van der Waals surface area contributed by atoms with Crippen LogP contribution in [0, 0.1) is 28.5 Å². The fourth-order valence-corrected chi connectivity index (χ4v) is 10.3. The van der Waals surface area contributed by atoms with Crippen molar-refractivity contribution in [3.8, 4) is 11.8 Å². The van der Waals surface area contributed by atoms with Crippen molar-refractivity contribution in [2.24, 2.45) is 11.3 Å². The molecule has 16 heteroatoms. The molecule has 9 rings (SSSR count). The van der Waals surface area contributed by atoms with E-state index in [1.807, 2.05) is 6.07 Å². The molecule has 0 radical (unpaired) electrons. The second kappa shape index (κ2) is 16.6. The van der Waals surface area contributed by atoms with Crippen molar-refractivity contribution in [2.45, 2.75) is 88.9 Å². The van der Waals surface area contributed by atoms with Crippen LogP contribution >= 0.6 is 11.6 Å². The SMILES string of the molecule is N#Cc1ccc(O[C@H]2CC[C@H](NC(=O)c3ccc(N4CCC(CN5CCC6(CC5)CN(c5cc7c(cc5F)C(=O)N(C5CCC(=O)NC5=O)C7)C6)CC4)nn3)CC2)cc1Cl.